The van der Waals surface area contributed by atoms with Crippen LogP contribution < -0.4 is 0 Å². The Hall–Kier alpha value is -1.36. The first-order valence-corrected chi connectivity index (χ1v) is 5.33. The molecule has 4 nitrogen and oxygen atoms in total. The molecule has 0 radical (unpaired) electrons. The smallest absolute Gasteiger partial charge is 0.190 e. The molecule has 1 rings (SSSR count). The van der Waals surface area contributed by atoms with Gasteiger partial charge in [0.15, 0.2) is 10.8 Å². The van der Waals surface area contributed by atoms with E-state index in [1.165, 1.54) is 11.5 Å². The molecule has 5 heteroatoms. The maximum absolute atomic E-state index is 4.31. The number of aryl methyl sites for hydroxylation is 1. The van der Waals surface area contributed by atoms with Gasteiger partial charge in [-0.05, 0) is 39.2 Å². The lowest BCUT2D eigenvalue weighted by Gasteiger charge is -1.96. The van der Waals surface area contributed by atoms with Gasteiger partial charge in [0.2, 0.25) is 0 Å². The Morgan fingerprint density at radius 1 is 1.27 bits per heavy atom. The summed E-state index contributed by atoms with van der Waals surface area (Å²) >= 11 is 1.30. The van der Waals surface area contributed by atoms with Gasteiger partial charge in [0, 0.05) is 11.4 Å². The Morgan fingerprint density at radius 2 is 1.93 bits per heavy atom. The minimum atomic E-state index is 0.591. The van der Waals surface area contributed by atoms with Crippen LogP contribution in [0.25, 0.3) is 0 Å². The highest BCUT2D eigenvalue weighted by molar-refractivity contribution is 7.07. The lowest BCUT2D eigenvalue weighted by molar-refractivity contribution is 1.15. The predicted molar refractivity (Wildman–Crippen MR) is 64.8 cm³/mol. The summed E-state index contributed by atoms with van der Waals surface area (Å²) in [7, 11) is 0. The summed E-state index contributed by atoms with van der Waals surface area (Å²) in [4.78, 5) is 12.8. The van der Waals surface area contributed by atoms with Gasteiger partial charge in [0.25, 0.3) is 0 Å². The molecule has 0 atom stereocenters. The van der Waals surface area contributed by atoms with Crippen LogP contribution in [0.4, 0.5) is 0 Å². The van der Waals surface area contributed by atoms with Crippen LogP contribution in [-0.2, 0) is 0 Å². The number of hydrogen-bond donors (Lipinski definition) is 0. The zero-order chi connectivity index (χ0) is 11.4. The summed E-state index contributed by atoms with van der Waals surface area (Å²) in [5.41, 5.74) is 1.64. The van der Waals surface area contributed by atoms with E-state index in [1.54, 1.807) is 0 Å². The molecule has 0 aliphatic rings. The van der Waals surface area contributed by atoms with E-state index in [-0.39, 0.29) is 0 Å². The zero-order valence-corrected chi connectivity index (χ0v) is 10.2. The second-order valence-corrected chi connectivity index (χ2v) is 4.13. The topological polar surface area (TPSA) is 50.5 Å². The quantitative estimate of drug-likeness (QED) is 0.570. The van der Waals surface area contributed by atoms with Crippen LogP contribution in [0.3, 0.4) is 0 Å². The summed E-state index contributed by atoms with van der Waals surface area (Å²) < 4.78 is 4.10. The summed E-state index contributed by atoms with van der Waals surface area (Å²) in [6.45, 7) is 11.2. The third-order valence-corrected chi connectivity index (χ3v) is 2.15. The Bertz CT molecular complexity index is 424. The van der Waals surface area contributed by atoms with Crippen molar-refractivity contribution in [3.63, 3.8) is 0 Å². The van der Waals surface area contributed by atoms with E-state index in [4.69, 9.17) is 0 Å². The van der Waals surface area contributed by atoms with Crippen LogP contribution in [0.5, 0.6) is 0 Å². The summed E-state index contributed by atoms with van der Waals surface area (Å²) in [5, 5.41) is 0.733. The molecule has 0 saturated carbocycles. The van der Waals surface area contributed by atoms with Crippen LogP contribution in [-0.4, -0.2) is 20.9 Å². The van der Waals surface area contributed by atoms with Crippen molar-refractivity contribution < 1.29 is 0 Å². The number of amidine groups is 1. The largest absolute Gasteiger partial charge is 0.236 e. The van der Waals surface area contributed by atoms with E-state index in [0.717, 1.165) is 16.5 Å². The van der Waals surface area contributed by atoms with E-state index < -0.39 is 0 Å². The molecule has 0 saturated heterocycles. The molecule has 0 unspecified atom stereocenters. The summed E-state index contributed by atoms with van der Waals surface area (Å²) in [6.07, 6.45) is 0. The second kappa shape index (κ2) is 4.93. The number of hydrogen-bond acceptors (Lipinski definition) is 4. The molecule has 0 N–H and O–H groups in total. The highest BCUT2D eigenvalue weighted by Gasteiger charge is 2.07. The SMILES string of the molecule is C=C(C)/N=C(\N=C(C)C)c1nc(C)ns1. The Kier molecular flexibility index (Phi) is 3.85. The molecule has 0 amide bonds. The van der Waals surface area contributed by atoms with Gasteiger partial charge in [0.1, 0.15) is 5.82 Å². The van der Waals surface area contributed by atoms with Gasteiger partial charge in [0.05, 0.1) is 0 Å². The Balaban J connectivity index is 3.13. The average molecular weight is 222 g/mol. The molecule has 80 valence electrons. The van der Waals surface area contributed by atoms with Crippen LogP contribution >= 0.6 is 11.5 Å². The molecule has 0 fully saturated rings. The summed E-state index contributed by atoms with van der Waals surface area (Å²) in [5.74, 6) is 1.33. The van der Waals surface area contributed by atoms with E-state index in [2.05, 4.69) is 25.9 Å². The zero-order valence-electron chi connectivity index (χ0n) is 9.40. The van der Waals surface area contributed by atoms with Crippen molar-refractivity contribution in [1.82, 2.24) is 9.36 Å². The van der Waals surface area contributed by atoms with Gasteiger partial charge in [-0.3, -0.25) is 0 Å². The molecule has 0 aromatic carbocycles. The lowest BCUT2D eigenvalue weighted by atomic mass is 10.4. The number of nitrogens with zero attached hydrogens (tertiary/aromatic N) is 4. The minimum absolute atomic E-state index is 0.591. The number of rotatable bonds is 2. The third-order valence-electron chi connectivity index (χ3n) is 1.35. The average Bonchev–Trinajstić information content (AvgIpc) is 2.48. The van der Waals surface area contributed by atoms with Gasteiger partial charge < -0.3 is 0 Å². The van der Waals surface area contributed by atoms with Crippen LogP contribution in [0.1, 0.15) is 31.6 Å². The molecule has 0 aliphatic carbocycles. The van der Waals surface area contributed by atoms with E-state index >= 15 is 0 Å². The molecule has 0 spiro atoms. The van der Waals surface area contributed by atoms with Gasteiger partial charge >= 0.3 is 0 Å². The predicted octanol–water partition coefficient (Wildman–Crippen LogP) is 2.61. The van der Waals surface area contributed by atoms with Crippen molar-refractivity contribution >= 4 is 23.1 Å². The Morgan fingerprint density at radius 3 is 2.33 bits per heavy atom. The molecule has 1 aromatic rings. The second-order valence-electron chi connectivity index (χ2n) is 3.38. The van der Waals surface area contributed by atoms with Crippen molar-refractivity contribution in [2.24, 2.45) is 9.98 Å². The van der Waals surface area contributed by atoms with Crippen LogP contribution in [0, 0.1) is 6.92 Å². The molecule has 1 heterocycles. The highest BCUT2D eigenvalue weighted by atomic mass is 32.1. The standard InChI is InChI=1S/C10H14N4S/c1-6(2)11-9(12-7(3)4)10-13-8(5)14-15-10/h1H2,2-5H3/b11-9-. The fourth-order valence-electron chi connectivity index (χ4n) is 0.901. The van der Waals surface area contributed by atoms with Crippen LogP contribution in [0.15, 0.2) is 22.3 Å². The fourth-order valence-corrected chi connectivity index (χ4v) is 1.51. The number of aromatic nitrogens is 2. The first-order valence-electron chi connectivity index (χ1n) is 4.56. The number of aliphatic imine (C=N–C) groups is 2. The first-order chi connectivity index (χ1) is 6.99. The number of allylic oxidation sites excluding steroid dienone is 1. The fraction of sp³-hybridized carbons (Fsp3) is 0.400. The van der Waals surface area contributed by atoms with E-state index in [1.807, 2.05) is 27.7 Å². The third kappa shape index (κ3) is 3.71. The van der Waals surface area contributed by atoms with E-state index in [0.29, 0.717) is 11.5 Å². The van der Waals surface area contributed by atoms with Gasteiger partial charge in [-0.15, -0.1) is 0 Å². The van der Waals surface area contributed by atoms with Crippen molar-refractivity contribution in [1.29, 1.82) is 0 Å². The molecule has 1 aromatic heterocycles. The molecule has 0 bridgehead atoms. The maximum Gasteiger partial charge on any atom is 0.190 e. The lowest BCUT2D eigenvalue weighted by Crippen LogP contribution is -2.00. The van der Waals surface area contributed by atoms with Crippen molar-refractivity contribution in [3.05, 3.63) is 23.1 Å². The monoisotopic (exact) mass is 222 g/mol. The van der Waals surface area contributed by atoms with Crippen LogP contribution in [0.2, 0.25) is 0 Å². The maximum atomic E-state index is 4.31. The highest BCUT2D eigenvalue weighted by Crippen LogP contribution is 2.09. The first kappa shape index (κ1) is 11.7. The van der Waals surface area contributed by atoms with Gasteiger partial charge in [-0.1, -0.05) is 6.58 Å². The Labute approximate surface area is 93.7 Å². The van der Waals surface area contributed by atoms with E-state index in [9.17, 15) is 0 Å². The van der Waals surface area contributed by atoms with Gasteiger partial charge in [-0.25, -0.2) is 15.0 Å². The normalized spacial score (nSPS) is 11.3. The molecule has 15 heavy (non-hydrogen) atoms. The minimum Gasteiger partial charge on any atom is -0.236 e. The summed E-state index contributed by atoms with van der Waals surface area (Å²) in [6, 6.07) is 0. The van der Waals surface area contributed by atoms with Gasteiger partial charge in [-0.2, -0.15) is 4.37 Å². The molecule has 0 aliphatic heterocycles. The molecular weight excluding hydrogens is 208 g/mol. The molecular formula is C10H14N4S. The van der Waals surface area contributed by atoms with Crippen molar-refractivity contribution in [3.8, 4) is 0 Å². The van der Waals surface area contributed by atoms with Crippen molar-refractivity contribution in [2.45, 2.75) is 27.7 Å². The van der Waals surface area contributed by atoms with Crippen molar-refractivity contribution in [2.75, 3.05) is 0 Å².